The summed E-state index contributed by atoms with van der Waals surface area (Å²) in [4.78, 5) is 0.310. The fourth-order valence-electron chi connectivity index (χ4n) is 1.26. The Balaban J connectivity index is 2.50. The average molecular weight is 272 g/mol. The summed E-state index contributed by atoms with van der Waals surface area (Å²) in [6, 6.07) is 0. The number of alkyl halides is 1. The number of hydrogen-bond donors (Lipinski definition) is 0. The van der Waals surface area contributed by atoms with Crippen molar-refractivity contribution in [3.8, 4) is 0 Å². The summed E-state index contributed by atoms with van der Waals surface area (Å²) in [5.41, 5.74) is 0. The van der Waals surface area contributed by atoms with E-state index in [2.05, 4.69) is 15.9 Å². The average Bonchev–Trinajstić information content (AvgIpc) is 2.49. The van der Waals surface area contributed by atoms with Crippen molar-refractivity contribution in [2.24, 2.45) is 0 Å². The highest BCUT2D eigenvalue weighted by Gasteiger charge is 2.29. The van der Waals surface area contributed by atoms with E-state index in [1.807, 2.05) is 0 Å². The van der Waals surface area contributed by atoms with E-state index in [0.717, 1.165) is 6.42 Å². The van der Waals surface area contributed by atoms with Crippen LogP contribution in [0.3, 0.4) is 0 Å². The second-order valence-electron chi connectivity index (χ2n) is 3.05. The van der Waals surface area contributed by atoms with Crippen LogP contribution in [0.15, 0.2) is 0 Å². The molecule has 1 saturated heterocycles. The normalized spacial score (nSPS) is 25.2. The summed E-state index contributed by atoms with van der Waals surface area (Å²) in [5, 5.41) is 0. The Morgan fingerprint density at radius 2 is 2.31 bits per heavy atom. The van der Waals surface area contributed by atoms with Crippen LogP contribution in [0.2, 0.25) is 0 Å². The SMILES string of the molecule is COCCS(=O)(=O)N1CCC(Br)C1. The van der Waals surface area contributed by atoms with Crippen LogP contribution in [0.5, 0.6) is 0 Å². The number of nitrogens with zero attached hydrogens (tertiary/aromatic N) is 1. The molecule has 0 amide bonds. The Morgan fingerprint density at radius 3 is 2.77 bits per heavy atom. The van der Waals surface area contributed by atoms with Crippen molar-refractivity contribution >= 4 is 26.0 Å². The smallest absolute Gasteiger partial charge is 0.216 e. The predicted molar refractivity (Wildman–Crippen MR) is 54.6 cm³/mol. The quantitative estimate of drug-likeness (QED) is 0.697. The van der Waals surface area contributed by atoms with Crippen molar-refractivity contribution < 1.29 is 13.2 Å². The van der Waals surface area contributed by atoms with E-state index < -0.39 is 10.0 Å². The Labute approximate surface area is 87.4 Å². The van der Waals surface area contributed by atoms with Gasteiger partial charge in [0.2, 0.25) is 10.0 Å². The van der Waals surface area contributed by atoms with Crippen molar-refractivity contribution in [3.05, 3.63) is 0 Å². The lowest BCUT2D eigenvalue weighted by molar-refractivity contribution is 0.216. The zero-order chi connectivity index (χ0) is 9.90. The van der Waals surface area contributed by atoms with E-state index in [1.54, 1.807) is 0 Å². The first kappa shape index (κ1) is 11.4. The zero-order valence-corrected chi connectivity index (χ0v) is 9.97. The molecule has 4 nitrogen and oxygen atoms in total. The first-order chi connectivity index (χ1) is 6.06. The topological polar surface area (TPSA) is 46.6 Å². The van der Waals surface area contributed by atoms with E-state index in [4.69, 9.17) is 4.74 Å². The molecule has 1 rings (SSSR count). The molecule has 78 valence electrons. The molecule has 1 heterocycles. The maximum absolute atomic E-state index is 11.6. The van der Waals surface area contributed by atoms with E-state index in [9.17, 15) is 8.42 Å². The zero-order valence-electron chi connectivity index (χ0n) is 7.57. The summed E-state index contributed by atoms with van der Waals surface area (Å²) in [6.07, 6.45) is 0.895. The van der Waals surface area contributed by atoms with Crippen LogP contribution in [0.25, 0.3) is 0 Å². The van der Waals surface area contributed by atoms with Crippen LogP contribution in [-0.4, -0.2) is 50.1 Å². The molecular weight excluding hydrogens is 258 g/mol. The van der Waals surface area contributed by atoms with Gasteiger partial charge in [0.25, 0.3) is 0 Å². The summed E-state index contributed by atoms with van der Waals surface area (Å²) in [6.45, 7) is 1.49. The fourth-order valence-corrected chi connectivity index (χ4v) is 3.43. The lowest BCUT2D eigenvalue weighted by Gasteiger charge is -2.14. The van der Waals surface area contributed by atoms with Crippen molar-refractivity contribution in [1.29, 1.82) is 0 Å². The van der Waals surface area contributed by atoms with E-state index in [0.29, 0.717) is 17.9 Å². The van der Waals surface area contributed by atoms with Gasteiger partial charge in [0.15, 0.2) is 0 Å². The van der Waals surface area contributed by atoms with E-state index in [-0.39, 0.29) is 12.4 Å². The third-order valence-electron chi connectivity index (χ3n) is 2.03. The Bertz CT molecular complexity index is 254. The van der Waals surface area contributed by atoms with Gasteiger partial charge in [0, 0.05) is 25.0 Å². The van der Waals surface area contributed by atoms with Gasteiger partial charge in [-0.25, -0.2) is 12.7 Å². The predicted octanol–water partition coefficient (Wildman–Crippen LogP) is 0.432. The van der Waals surface area contributed by atoms with Crippen LogP contribution in [0.4, 0.5) is 0 Å². The number of methoxy groups -OCH3 is 1. The second-order valence-corrected chi connectivity index (χ2v) is 6.44. The maximum atomic E-state index is 11.6. The molecule has 0 aromatic heterocycles. The molecule has 0 aliphatic carbocycles. The summed E-state index contributed by atoms with van der Waals surface area (Å²) < 4.78 is 29.4. The van der Waals surface area contributed by atoms with Gasteiger partial charge in [0.1, 0.15) is 0 Å². The van der Waals surface area contributed by atoms with Gasteiger partial charge < -0.3 is 4.74 Å². The molecule has 1 atom stereocenters. The largest absolute Gasteiger partial charge is 0.384 e. The van der Waals surface area contributed by atoms with Crippen LogP contribution < -0.4 is 0 Å². The van der Waals surface area contributed by atoms with Crippen molar-refractivity contribution in [2.45, 2.75) is 11.2 Å². The summed E-state index contributed by atoms with van der Waals surface area (Å²) >= 11 is 3.40. The second kappa shape index (κ2) is 4.72. The van der Waals surface area contributed by atoms with Gasteiger partial charge in [-0.05, 0) is 6.42 Å². The molecule has 1 aliphatic rings. The van der Waals surface area contributed by atoms with E-state index >= 15 is 0 Å². The van der Waals surface area contributed by atoms with Gasteiger partial charge in [0.05, 0.1) is 12.4 Å². The van der Waals surface area contributed by atoms with Crippen molar-refractivity contribution in [3.63, 3.8) is 0 Å². The van der Waals surface area contributed by atoms with Crippen LogP contribution >= 0.6 is 15.9 Å². The van der Waals surface area contributed by atoms with Crippen LogP contribution in [-0.2, 0) is 14.8 Å². The molecule has 1 aliphatic heterocycles. The molecule has 0 N–H and O–H groups in total. The Hall–Kier alpha value is 0.350. The van der Waals surface area contributed by atoms with Crippen molar-refractivity contribution in [1.82, 2.24) is 4.31 Å². The highest BCUT2D eigenvalue weighted by molar-refractivity contribution is 9.09. The number of rotatable bonds is 4. The van der Waals surface area contributed by atoms with Crippen molar-refractivity contribution in [2.75, 3.05) is 32.6 Å². The molecule has 0 aromatic rings. The standard InChI is InChI=1S/C7H14BrNO3S/c1-12-4-5-13(10,11)9-3-2-7(8)6-9/h7H,2-6H2,1H3. The summed E-state index contributed by atoms with van der Waals surface area (Å²) in [7, 11) is -1.57. The van der Waals surface area contributed by atoms with Gasteiger partial charge in [-0.1, -0.05) is 15.9 Å². The molecule has 0 aromatic carbocycles. The minimum absolute atomic E-state index is 0.0865. The molecule has 1 unspecified atom stereocenters. The van der Waals surface area contributed by atoms with Crippen LogP contribution in [0.1, 0.15) is 6.42 Å². The molecule has 1 fully saturated rings. The third-order valence-corrected chi connectivity index (χ3v) is 4.58. The number of halogens is 1. The Kier molecular flexibility index (Phi) is 4.15. The van der Waals surface area contributed by atoms with Gasteiger partial charge >= 0.3 is 0 Å². The first-order valence-electron chi connectivity index (χ1n) is 4.17. The van der Waals surface area contributed by atoms with Gasteiger partial charge in [-0.3, -0.25) is 0 Å². The highest BCUT2D eigenvalue weighted by atomic mass is 79.9. The first-order valence-corrected chi connectivity index (χ1v) is 6.69. The Morgan fingerprint density at radius 1 is 1.62 bits per heavy atom. The third kappa shape index (κ3) is 3.19. The fraction of sp³-hybridized carbons (Fsp3) is 1.00. The minimum atomic E-state index is -3.08. The molecule has 0 spiro atoms. The summed E-state index contributed by atoms with van der Waals surface area (Å²) in [5.74, 6) is 0.0865. The minimum Gasteiger partial charge on any atom is -0.384 e. The highest BCUT2D eigenvalue weighted by Crippen LogP contribution is 2.19. The van der Waals surface area contributed by atoms with E-state index in [1.165, 1.54) is 11.4 Å². The monoisotopic (exact) mass is 271 g/mol. The molecule has 6 heteroatoms. The number of ether oxygens (including phenoxy) is 1. The van der Waals surface area contributed by atoms with Gasteiger partial charge in [-0.2, -0.15) is 0 Å². The lowest BCUT2D eigenvalue weighted by Crippen LogP contribution is -2.32. The maximum Gasteiger partial charge on any atom is 0.216 e. The molecule has 0 radical (unpaired) electrons. The lowest BCUT2D eigenvalue weighted by atomic mass is 10.4. The molecule has 13 heavy (non-hydrogen) atoms. The van der Waals surface area contributed by atoms with Crippen LogP contribution in [0, 0.1) is 0 Å². The van der Waals surface area contributed by atoms with Gasteiger partial charge in [-0.15, -0.1) is 0 Å². The number of sulfonamides is 1. The molecule has 0 saturated carbocycles. The molecule has 0 bridgehead atoms. The molecular formula is C7H14BrNO3S. The number of hydrogen-bond acceptors (Lipinski definition) is 3.